The van der Waals surface area contributed by atoms with Gasteiger partial charge in [-0.2, -0.15) is 0 Å². The van der Waals surface area contributed by atoms with E-state index in [1.54, 1.807) is 0 Å². The number of para-hydroxylation sites is 1. The van der Waals surface area contributed by atoms with Gasteiger partial charge in [-0.3, -0.25) is 0 Å². The maximum Gasteiger partial charge on any atom is 0.322 e. The predicted molar refractivity (Wildman–Crippen MR) is 113 cm³/mol. The van der Waals surface area contributed by atoms with Crippen LogP contribution in [0.25, 0.3) is 0 Å². The summed E-state index contributed by atoms with van der Waals surface area (Å²) in [5.41, 5.74) is 4.93. The van der Waals surface area contributed by atoms with Gasteiger partial charge in [-0.05, 0) is 48.6 Å². The number of urea groups is 1. The lowest BCUT2D eigenvalue weighted by molar-refractivity contribution is 0.195. The van der Waals surface area contributed by atoms with Gasteiger partial charge in [0.25, 0.3) is 0 Å². The highest BCUT2D eigenvalue weighted by Crippen LogP contribution is 2.42. The Kier molecular flexibility index (Phi) is 4.99. The van der Waals surface area contributed by atoms with Crippen LogP contribution in [0.5, 0.6) is 0 Å². The molecular weight excluding hydrogens is 352 g/mol. The fourth-order valence-electron chi connectivity index (χ4n) is 4.01. The number of anilines is 1. The molecule has 138 valence electrons. The average Bonchev–Trinajstić information content (AvgIpc) is 3.03. The summed E-state index contributed by atoms with van der Waals surface area (Å²) in [6.45, 7) is 5.16. The molecule has 1 aliphatic rings. The number of carbonyl (C=O) groups excluding carboxylic acids is 1. The quantitative estimate of drug-likeness (QED) is 0.616. The van der Waals surface area contributed by atoms with Crippen molar-refractivity contribution in [2.45, 2.75) is 32.7 Å². The number of nitrogens with one attached hydrogen (secondary N) is 1. The Hall–Kier alpha value is -2.59. The van der Waals surface area contributed by atoms with Crippen LogP contribution in [0.1, 0.15) is 39.4 Å². The highest BCUT2D eigenvalue weighted by molar-refractivity contribution is 7.12. The van der Waals surface area contributed by atoms with Crippen molar-refractivity contribution in [3.8, 4) is 0 Å². The van der Waals surface area contributed by atoms with Crippen LogP contribution in [0.3, 0.4) is 0 Å². The molecule has 2 heterocycles. The lowest BCUT2D eigenvalue weighted by Gasteiger charge is -2.36. The van der Waals surface area contributed by atoms with Crippen molar-refractivity contribution in [2.75, 3.05) is 11.9 Å². The fourth-order valence-corrected chi connectivity index (χ4v) is 5.46. The molecule has 1 N–H and O–H groups in total. The number of hydrogen-bond acceptors (Lipinski definition) is 2. The molecular formula is C23H24N2OS. The Labute approximate surface area is 164 Å². The van der Waals surface area contributed by atoms with Crippen molar-refractivity contribution >= 4 is 23.1 Å². The molecule has 2 aromatic carbocycles. The Morgan fingerprint density at radius 3 is 2.44 bits per heavy atom. The first kappa shape index (κ1) is 17.8. The fraction of sp³-hybridized carbons (Fsp3) is 0.261. The molecule has 3 aromatic rings. The van der Waals surface area contributed by atoms with Gasteiger partial charge < -0.3 is 10.2 Å². The van der Waals surface area contributed by atoms with E-state index in [0.29, 0.717) is 0 Å². The number of carbonyl (C=O) groups is 1. The SMILES string of the molecule is CCc1c(C)sc2c1CCN(C(=O)Nc1ccccc1)[C@H]2c1ccccc1. The van der Waals surface area contributed by atoms with E-state index in [1.807, 2.05) is 52.6 Å². The third-order valence-corrected chi connectivity index (χ3v) is 6.51. The van der Waals surface area contributed by atoms with Crippen molar-refractivity contribution in [1.82, 2.24) is 4.90 Å². The second kappa shape index (κ2) is 7.57. The van der Waals surface area contributed by atoms with E-state index in [2.05, 4.69) is 43.4 Å². The number of benzene rings is 2. The largest absolute Gasteiger partial charge is 0.322 e. The lowest BCUT2D eigenvalue weighted by Crippen LogP contribution is -2.42. The number of amides is 2. The Morgan fingerprint density at radius 1 is 1.11 bits per heavy atom. The maximum absolute atomic E-state index is 13.1. The molecule has 4 rings (SSSR count). The number of nitrogens with zero attached hydrogens (tertiary/aromatic N) is 1. The molecule has 0 aliphatic carbocycles. The normalized spacial score (nSPS) is 16.1. The average molecular weight is 377 g/mol. The molecule has 0 saturated heterocycles. The van der Waals surface area contributed by atoms with E-state index in [4.69, 9.17) is 0 Å². The smallest absolute Gasteiger partial charge is 0.312 e. The molecule has 0 saturated carbocycles. The van der Waals surface area contributed by atoms with E-state index in [1.165, 1.54) is 26.4 Å². The number of hydrogen-bond donors (Lipinski definition) is 1. The molecule has 4 heteroatoms. The number of thiophene rings is 1. The highest BCUT2D eigenvalue weighted by atomic mass is 32.1. The van der Waals surface area contributed by atoms with Gasteiger partial charge in [0.1, 0.15) is 0 Å². The van der Waals surface area contributed by atoms with Crippen molar-refractivity contribution < 1.29 is 4.79 Å². The van der Waals surface area contributed by atoms with Crippen LogP contribution >= 0.6 is 11.3 Å². The van der Waals surface area contributed by atoms with Crippen LogP contribution in [0.2, 0.25) is 0 Å². The van der Waals surface area contributed by atoms with Crippen LogP contribution in [0.15, 0.2) is 60.7 Å². The van der Waals surface area contributed by atoms with E-state index < -0.39 is 0 Å². The molecule has 1 aliphatic heterocycles. The van der Waals surface area contributed by atoms with Crippen molar-refractivity contribution in [3.63, 3.8) is 0 Å². The van der Waals surface area contributed by atoms with Gasteiger partial charge in [-0.25, -0.2) is 4.79 Å². The van der Waals surface area contributed by atoms with Gasteiger partial charge in [0.15, 0.2) is 0 Å². The predicted octanol–water partition coefficient (Wildman–Crippen LogP) is 5.80. The molecule has 1 atom stereocenters. The van der Waals surface area contributed by atoms with Crippen molar-refractivity contribution in [1.29, 1.82) is 0 Å². The zero-order valence-corrected chi connectivity index (χ0v) is 16.6. The summed E-state index contributed by atoms with van der Waals surface area (Å²) in [5.74, 6) is 0. The number of rotatable bonds is 3. The standard InChI is InChI=1S/C23H24N2OS/c1-3-19-16(2)27-22-20(19)14-15-25(21(22)17-10-6-4-7-11-17)23(26)24-18-12-8-5-9-13-18/h4-13,21H,3,14-15H2,1-2H3,(H,24,26)/t21-/m0/s1. The molecule has 0 bridgehead atoms. The first-order valence-electron chi connectivity index (χ1n) is 9.47. The van der Waals surface area contributed by atoms with Crippen LogP contribution in [-0.2, 0) is 12.8 Å². The molecule has 1 aromatic heterocycles. The van der Waals surface area contributed by atoms with Gasteiger partial charge in [-0.1, -0.05) is 55.5 Å². The van der Waals surface area contributed by atoms with Crippen molar-refractivity contribution in [2.24, 2.45) is 0 Å². The monoisotopic (exact) mass is 376 g/mol. The minimum Gasteiger partial charge on any atom is -0.312 e. The van der Waals surface area contributed by atoms with Gasteiger partial charge in [-0.15, -0.1) is 11.3 Å². The Bertz CT molecular complexity index is 934. The van der Waals surface area contributed by atoms with Gasteiger partial charge in [0.05, 0.1) is 6.04 Å². The van der Waals surface area contributed by atoms with Crippen LogP contribution in [0.4, 0.5) is 10.5 Å². The summed E-state index contributed by atoms with van der Waals surface area (Å²) in [7, 11) is 0. The summed E-state index contributed by atoms with van der Waals surface area (Å²) in [6.07, 6.45) is 1.98. The third-order valence-electron chi connectivity index (χ3n) is 5.27. The second-order valence-corrected chi connectivity index (χ2v) is 8.14. The summed E-state index contributed by atoms with van der Waals surface area (Å²) in [5, 5.41) is 3.07. The molecule has 0 radical (unpaired) electrons. The summed E-state index contributed by atoms with van der Waals surface area (Å²) in [4.78, 5) is 17.8. The summed E-state index contributed by atoms with van der Waals surface area (Å²) in [6, 6.07) is 20.0. The number of fused-ring (bicyclic) bond motifs is 1. The molecule has 2 amide bonds. The van der Waals surface area contributed by atoms with E-state index in [9.17, 15) is 4.79 Å². The molecule has 0 spiro atoms. The molecule has 3 nitrogen and oxygen atoms in total. The van der Waals surface area contributed by atoms with E-state index in [-0.39, 0.29) is 12.1 Å². The highest BCUT2D eigenvalue weighted by Gasteiger charge is 2.35. The maximum atomic E-state index is 13.1. The van der Waals surface area contributed by atoms with Crippen LogP contribution in [0, 0.1) is 6.92 Å². The second-order valence-electron chi connectivity index (χ2n) is 6.89. The Morgan fingerprint density at radius 2 is 1.78 bits per heavy atom. The third kappa shape index (κ3) is 3.37. The zero-order chi connectivity index (χ0) is 18.8. The molecule has 0 fully saturated rings. The molecule has 0 unspecified atom stereocenters. The topological polar surface area (TPSA) is 32.3 Å². The first-order valence-corrected chi connectivity index (χ1v) is 10.3. The number of aryl methyl sites for hydroxylation is 1. The van der Waals surface area contributed by atoms with E-state index in [0.717, 1.165) is 25.1 Å². The van der Waals surface area contributed by atoms with Gasteiger partial charge in [0.2, 0.25) is 0 Å². The minimum atomic E-state index is -0.0372. The minimum absolute atomic E-state index is 0.0253. The summed E-state index contributed by atoms with van der Waals surface area (Å²) >= 11 is 1.85. The van der Waals surface area contributed by atoms with E-state index >= 15 is 0 Å². The van der Waals surface area contributed by atoms with Gasteiger partial charge in [0, 0.05) is 22.0 Å². The van der Waals surface area contributed by atoms with Crippen LogP contribution in [-0.4, -0.2) is 17.5 Å². The zero-order valence-electron chi connectivity index (χ0n) is 15.7. The summed E-state index contributed by atoms with van der Waals surface area (Å²) < 4.78 is 0. The van der Waals surface area contributed by atoms with Gasteiger partial charge >= 0.3 is 6.03 Å². The molecule has 27 heavy (non-hydrogen) atoms. The van der Waals surface area contributed by atoms with Crippen molar-refractivity contribution in [3.05, 3.63) is 87.1 Å². The Balaban J connectivity index is 1.73. The lowest BCUT2D eigenvalue weighted by atomic mass is 9.92. The van der Waals surface area contributed by atoms with Crippen LogP contribution < -0.4 is 5.32 Å². The first-order chi connectivity index (χ1) is 13.2.